The lowest BCUT2D eigenvalue weighted by atomic mass is 9.81. The molecule has 1 N–H and O–H groups in total. The molecule has 1 heteroatoms. The van der Waals surface area contributed by atoms with Gasteiger partial charge in [-0.1, -0.05) is 32.6 Å². The SMILES string of the molecule is CNCCC1CCC(C)CC1. The van der Waals surface area contributed by atoms with Crippen LogP contribution in [-0.2, 0) is 0 Å². The van der Waals surface area contributed by atoms with Crippen molar-refractivity contribution >= 4 is 0 Å². The Morgan fingerprint density at radius 3 is 2.36 bits per heavy atom. The molecule has 0 amide bonds. The van der Waals surface area contributed by atoms with Gasteiger partial charge >= 0.3 is 0 Å². The molecule has 0 aromatic carbocycles. The van der Waals surface area contributed by atoms with E-state index in [2.05, 4.69) is 12.2 Å². The van der Waals surface area contributed by atoms with Gasteiger partial charge in [0, 0.05) is 0 Å². The van der Waals surface area contributed by atoms with E-state index in [1.54, 1.807) is 0 Å². The van der Waals surface area contributed by atoms with Crippen LogP contribution in [0.2, 0.25) is 0 Å². The standard InChI is InChI=1S/C10H21N/c1-9-3-5-10(6-4-9)7-8-11-2/h9-11H,3-8H2,1-2H3. The van der Waals surface area contributed by atoms with Crippen molar-refractivity contribution in [3.8, 4) is 0 Å². The van der Waals surface area contributed by atoms with Crippen LogP contribution in [0.1, 0.15) is 39.0 Å². The topological polar surface area (TPSA) is 12.0 Å². The van der Waals surface area contributed by atoms with Gasteiger partial charge in [0.2, 0.25) is 0 Å². The van der Waals surface area contributed by atoms with Crippen molar-refractivity contribution in [3.05, 3.63) is 0 Å². The second kappa shape index (κ2) is 4.76. The van der Waals surface area contributed by atoms with E-state index in [0.29, 0.717) is 0 Å². The summed E-state index contributed by atoms with van der Waals surface area (Å²) in [5, 5.41) is 3.23. The number of hydrogen-bond donors (Lipinski definition) is 1. The Hall–Kier alpha value is -0.0400. The summed E-state index contributed by atoms with van der Waals surface area (Å²) in [7, 11) is 2.05. The number of nitrogens with one attached hydrogen (secondary N) is 1. The third-order valence-corrected chi connectivity index (χ3v) is 2.94. The highest BCUT2D eigenvalue weighted by Crippen LogP contribution is 2.29. The first-order valence-corrected chi connectivity index (χ1v) is 4.97. The maximum atomic E-state index is 3.23. The molecule has 1 aliphatic carbocycles. The molecule has 0 radical (unpaired) electrons. The predicted molar refractivity (Wildman–Crippen MR) is 49.7 cm³/mol. The van der Waals surface area contributed by atoms with E-state index in [0.717, 1.165) is 11.8 Å². The van der Waals surface area contributed by atoms with Gasteiger partial charge in [-0.25, -0.2) is 0 Å². The van der Waals surface area contributed by atoms with Gasteiger partial charge in [0.1, 0.15) is 0 Å². The third kappa shape index (κ3) is 3.24. The van der Waals surface area contributed by atoms with Crippen LogP contribution >= 0.6 is 0 Å². The van der Waals surface area contributed by atoms with Crippen LogP contribution in [0, 0.1) is 11.8 Å². The molecule has 1 saturated carbocycles. The second-order valence-electron chi connectivity index (χ2n) is 4.02. The molecule has 0 atom stereocenters. The van der Waals surface area contributed by atoms with Gasteiger partial charge in [0.25, 0.3) is 0 Å². The molecule has 1 fully saturated rings. The molecular weight excluding hydrogens is 134 g/mol. The minimum Gasteiger partial charge on any atom is -0.320 e. The minimum absolute atomic E-state index is 1.00. The summed E-state index contributed by atoms with van der Waals surface area (Å²) in [6.07, 6.45) is 7.28. The molecule has 0 saturated heterocycles. The lowest BCUT2D eigenvalue weighted by Gasteiger charge is -2.25. The third-order valence-electron chi connectivity index (χ3n) is 2.94. The number of rotatable bonds is 3. The average Bonchev–Trinajstić information content (AvgIpc) is 2.04. The zero-order valence-electron chi connectivity index (χ0n) is 7.90. The van der Waals surface area contributed by atoms with E-state index < -0.39 is 0 Å². The highest BCUT2D eigenvalue weighted by molar-refractivity contribution is 4.70. The van der Waals surface area contributed by atoms with Gasteiger partial charge in [0.15, 0.2) is 0 Å². The van der Waals surface area contributed by atoms with Crippen LogP contribution in [-0.4, -0.2) is 13.6 Å². The summed E-state index contributed by atoms with van der Waals surface area (Å²) in [5.41, 5.74) is 0. The highest BCUT2D eigenvalue weighted by atomic mass is 14.8. The summed E-state index contributed by atoms with van der Waals surface area (Å²) < 4.78 is 0. The van der Waals surface area contributed by atoms with Crippen LogP contribution in [0.4, 0.5) is 0 Å². The van der Waals surface area contributed by atoms with E-state index in [9.17, 15) is 0 Å². The Morgan fingerprint density at radius 1 is 1.18 bits per heavy atom. The molecule has 1 nitrogen and oxygen atoms in total. The van der Waals surface area contributed by atoms with Gasteiger partial charge in [-0.15, -0.1) is 0 Å². The summed E-state index contributed by atoms with van der Waals surface area (Å²) in [6.45, 7) is 3.59. The zero-order chi connectivity index (χ0) is 8.10. The van der Waals surface area contributed by atoms with Crippen molar-refractivity contribution in [2.24, 2.45) is 11.8 Å². The van der Waals surface area contributed by atoms with Crippen LogP contribution in [0.5, 0.6) is 0 Å². The predicted octanol–water partition coefficient (Wildman–Crippen LogP) is 2.42. The molecule has 0 aliphatic heterocycles. The fourth-order valence-electron chi connectivity index (χ4n) is 1.97. The van der Waals surface area contributed by atoms with Crippen molar-refractivity contribution in [1.29, 1.82) is 0 Å². The molecule has 66 valence electrons. The first-order chi connectivity index (χ1) is 5.33. The molecular formula is C10H21N. The first kappa shape index (κ1) is 9.05. The van der Waals surface area contributed by atoms with Crippen LogP contribution in [0.3, 0.4) is 0 Å². The monoisotopic (exact) mass is 155 g/mol. The zero-order valence-corrected chi connectivity index (χ0v) is 7.90. The molecule has 11 heavy (non-hydrogen) atoms. The summed E-state index contributed by atoms with van der Waals surface area (Å²) in [4.78, 5) is 0. The Balaban J connectivity index is 2.07. The molecule has 0 spiro atoms. The van der Waals surface area contributed by atoms with E-state index in [1.807, 2.05) is 7.05 Å². The van der Waals surface area contributed by atoms with Gasteiger partial charge in [-0.2, -0.15) is 0 Å². The van der Waals surface area contributed by atoms with Crippen molar-refractivity contribution in [2.75, 3.05) is 13.6 Å². The Bertz CT molecular complexity index is 90.3. The Morgan fingerprint density at radius 2 is 1.82 bits per heavy atom. The van der Waals surface area contributed by atoms with E-state index in [-0.39, 0.29) is 0 Å². The molecule has 1 aliphatic rings. The van der Waals surface area contributed by atoms with E-state index in [4.69, 9.17) is 0 Å². The molecule has 0 heterocycles. The summed E-state index contributed by atoms with van der Waals surface area (Å²) in [6, 6.07) is 0. The first-order valence-electron chi connectivity index (χ1n) is 4.97. The second-order valence-corrected chi connectivity index (χ2v) is 4.02. The molecule has 1 rings (SSSR count). The van der Waals surface area contributed by atoms with Crippen LogP contribution in [0.25, 0.3) is 0 Å². The fourth-order valence-corrected chi connectivity index (χ4v) is 1.97. The van der Waals surface area contributed by atoms with Crippen molar-refractivity contribution in [1.82, 2.24) is 5.32 Å². The van der Waals surface area contributed by atoms with Crippen LogP contribution in [0.15, 0.2) is 0 Å². The molecule has 0 unspecified atom stereocenters. The van der Waals surface area contributed by atoms with E-state index >= 15 is 0 Å². The minimum atomic E-state index is 1.00. The molecule has 0 aromatic heterocycles. The average molecular weight is 155 g/mol. The maximum Gasteiger partial charge on any atom is -0.00493 e. The highest BCUT2D eigenvalue weighted by Gasteiger charge is 2.16. The smallest absolute Gasteiger partial charge is 0.00493 e. The van der Waals surface area contributed by atoms with Crippen LogP contribution < -0.4 is 5.32 Å². The van der Waals surface area contributed by atoms with Gasteiger partial charge < -0.3 is 5.32 Å². The summed E-state index contributed by atoms with van der Waals surface area (Å²) in [5.74, 6) is 2.03. The Labute approximate surface area is 70.6 Å². The Kier molecular flexibility index (Phi) is 3.92. The maximum absolute atomic E-state index is 3.23. The fraction of sp³-hybridized carbons (Fsp3) is 1.00. The quantitative estimate of drug-likeness (QED) is 0.660. The van der Waals surface area contributed by atoms with Gasteiger partial charge in [-0.05, 0) is 31.8 Å². The van der Waals surface area contributed by atoms with Gasteiger partial charge in [-0.3, -0.25) is 0 Å². The largest absolute Gasteiger partial charge is 0.320 e. The van der Waals surface area contributed by atoms with Crippen molar-refractivity contribution in [2.45, 2.75) is 39.0 Å². The van der Waals surface area contributed by atoms with Gasteiger partial charge in [0.05, 0.1) is 0 Å². The lowest BCUT2D eigenvalue weighted by molar-refractivity contribution is 0.277. The molecule has 0 aromatic rings. The lowest BCUT2D eigenvalue weighted by Crippen LogP contribution is -2.17. The van der Waals surface area contributed by atoms with Crippen molar-refractivity contribution < 1.29 is 0 Å². The number of hydrogen-bond acceptors (Lipinski definition) is 1. The normalized spacial score (nSPS) is 32.2. The van der Waals surface area contributed by atoms with Crippen molar-refractivity contribution in [3.63, 3.8) is 0 Å². The summed E-state index contributed by atoms with van der Waals surface area (Å²) >= 11 is 0. The van der Waals surface area contributed by atoms with E-state index in [1.165, 1.54) is 38.6 Å². The molecule has 0 bridgehead atoms.